The lowest BCUT2D eigenvalue weighted by atomic mass is 10.1. The lowest BCUT2D eigenvalue weighted by Crippen LogP contribution is -2.28. The highest BCUT2D eigenvalue weighted by Gasteiger charge is 2.14. The maximum absolute atomic E-state index is 12.4. The van der Waals surface area contributed by atoms with Crippen LogP contribution in [0.4, 0.5) is 0 Å². The molecule has 0 aliphatic carbocycles. The smallest absolute Gasteiger partial charge is 0.182 e. The van der Waals surface area contributed by atoms with E-state index in [1.165, 1.54) is 0 Å². The lowest BCUT2D eigenvalue weighted by Gasteiger charge is -2.23. The zero-order valence-corrected chi connectivity index (χ0v) is 18.3. The molecule has 140 valence electrons. The third-order valence-electron chi connectivity index (χ3n) is 3.74. The molecule has 1 heterocycles. The fourth-order valence-corrected chi connectivity index (χ4v) is 4.58. The van der Waals surface area contributed by atoms with E-state index in [2.05, 4.69) is 0 Å². The van der Waals surface area contributed by atoms with Gasteiger partial charge in [0.1, 0.15) is 0 Å². The van der Waals surface area contributed by atoms with E-state index in [1.54, 1.807) is 48.7 Å². The second-order valence-electron chi connectivity index (χ2n) is 5.71. The predicted molar refractivity (Wildman–Crippen MR) is 119 cm³/mol. The topological polar surface area (TPSA) is 40.6 Å². The average Bonchev–Trinajstić information content (AvgIpc) is 2.66. The van der Waals surface area contributed by atoms with Gasteiger partial charge in [0.15, 0.2) is 11.6 Å². The maximum atomic E-state index is 12.4. The van der Waals surface area contributed by atoms with Gasteiger partial charge in [-0.1, -0.05) is 34.8 Å². The van der Waals surface area contributed by atoms with Crippen LogP contribution in [0.25, 0.3) is 0 Å². The van der Waals surface area contributed by atoms with E-state index in [9.17, 15) is 9.59 Å². The van der Waals surface area contributed by atoms with Crippen molar-refractivity contribution in [3.8, 4) is 0 Å². The molecule has 0 atom stereocenters. The van der Waals surface area contributed by atoms with Crippen molar-refractivity contribution in [3.05, 3.63) is 81.1 Å². The second kappa shape index (κ2) is 9.19. The number of carbonyl (C=O) groups excluding carboxylic acids is 2. The first-order valence-electron chi connectivity index (χ1n) is 7.87. The van der Waals surface area contributed by atoms with Crippen LogP contribution in [-0.2, 0) is 0 Å². The number of benzene rings is 2. The Hall–Kier alpha value is -1.41. The standard InChI is InChI=1S/C19H14Cl3IN2O2/c20-15-4-1-13(2-5-15)19(27)11-25-8-7-24(12-23-25)10-18(26)14-3-6-16(21)17(22)9-14/h1-9,12H,10-11H2. The van der Waals surface area contributed by atoms with Crippen molar-refractivity contribution in [2.45, 2.75) is 0 Å². The van der Waals surface area contributed by atoms with E-state index in [0.29, 0.717) is 32.7 Å². The highest BCUT2D eigenvalue weighted by molar-refractivity contribution is 14.2. The molecule has 0 amide bonds. The number of carbonyl (C=O) groups is 2. The Morgan fingerprint density at radius 2 is 1.48 bits per heavy atom. The molecule has 0 saturated heterocycles. The molecule has 2 aromatic rings. The number of halogens is 4. The first kappa shape index (κ1) is 20.3. The molecule has 3 rings (SSSR count). The van der Waals surface area contributed by atoms with Crippen LogP contribution in [0.1, 0.15) is 20.7 Å². The van der Waals surface area contributed by atoms with Crippen molar-refractivity contribution in [2.24, 2.45) is 0 Å². The van der Waals surface area contributed by atoms with E-state index in [-0.39, 0.29) is 18.1 Å². The molecule has 0 radical (unpaired) electrons. The van der Waals surface area contributed by atoms with Gasteiger partial charge in [0.25, 0.3) is 0 Å². The molecule has 27 heavy (non-hydrogen) atoms. The molecule has 0 spiro atoms. The van der Waals surface area contributed by atoms with Crippen molar-refractivity contribution in [1.29, 1.82) is 0 Å². The number of nitrogens with zero attached hydrogens (tertiary/aromatic N) is 2. The van der Waals surface area contributed by atoms with Crippen LogP contribution < -0.4 is 0 Å². The highest BCUT2D eigenvalue weighted by atomic mass is 127. The van der Waals surface area contributed by atoms with Gasteiger partial charge >= 0.3 is 0 Å². The molecular weight excluding hydrogens is 521 g/mol. The molecule has 8 heteroatoms. The maximum Gasteiger partial charge on any atom is 0.182 e. The van der Waals surface area contributed by atoms with Crippen LogP contribution in [0.2, 0.25) is 15.1 Å². The zero-order chi connectivity index (χ0) is 19.4. The third kappa shape index (κ3) is 5.54. The normalized spacial score (nSPS) is 13.4. The van der Waals surface area contributed by atoms with Crippen molar-refractivity contribution < 1.29 is 9.59 Å². The van der Waals surface area contributed by atoms with Crippen LogP contribution in [0.3, 0.4) is 0 Å². The van der Waals surface area contributed by atoms with E-state index in [0.717, 1.165) is 0 Å². The Bertz CT molecular complexity index is 915. The highest BCUT2D eigenvalue weighted by Crippen LogP contribution is 2.23. The van der Waals surface area contributed by atoms with Crippen molar-refractivity contribution in [2.75, 3.05) is 13.1 Å². The molecule has 0 aromatic heterocycles. The lowest BCUT2D eigenvalue weighted by molar-refractivity contribution is 0.0967. The molecular formula is C19H14Cl3IN2O2. The van der Waals surface area contributed by atoms with Crippen molar-refractivity contribution in [3.63, 3.8) is 0 Å². The minimum Gasteiger partial charge on any atom is -0.339 e. The zero-order valence-electron chi connectivity index (χ0n) is 13.9. The summed E-state index contributed by atoms with van der Waals surface area (Å²) in [7, 11) is 0. The molecule has 1 aliphatic heterocycles. The van der Waals surface area contributed by atoms with Crippen LogP contribution in [0, 0.1) is 0 Å². The van der Waals surface area contributed by atoms with Crippen LogP contribution >= 0.6 is 55.8 Å². The second-order valence-corrected chi connectivity index (χ2v) is 9.31. The molecule has 0 unspecified atom stereocenters. The quantitative estimate of drug-likeness (QED) is 0.280. The molecule has 1 aliphatic rings. The molecule has 0 saturated carbocycles. The van der Waals surface area contributed by atoms with E-state index in [1.807, 2.05) is 18.3 Å². The summed E-state index contributed by atoms with van der Waals surface area (Å²) in [5.41, 5.74) is 1.15. The number of hydrogen-bond acceptors (Lipinski definition) is 4. The molecule has 2 aromatic carbocycles. The molecule has 0 N–H and O–H groups in total. The Morgan fingerprint density at radius 3 is 2.11 bits per heavy atom. The minimum atomic E-state index is -0.536. The van der Waals surface area contributed by atoms with Gasteiger partial charge in [-0.25, -0.2) is 0 Å². The Labute approximate surface area is 182 Å². The van der Waals surface area contributed by atoms with Crippen LogP contribution in [0.5, 0.6) is 0 Å². The molecule has 4 nitrogen and oxygen atoms in total. The molecule has 0 bridgehead atoms. The number of ketones is 2. The third-order valence-corrected chi connectivity index (χ3v) is 7.08. The number of rotatable bonds is 6. The summed E-state index contributed by atoms with van der Waals surface area (Å²) in [6.07, 6.45) is 3.65. The fraction of sp³-hybridized carbons (Fsp3) is 0.105. The van der Waals surface area contributed by atoms with Gasteiger partial charge in [0.05, 0.1) is 27.3 Å². The summed E-state index contributed by atoms with van der Waals surface area (Å²) in [5, 5.41) is 1.39. The minimum absolute atomic E-state index is 0.0322. The summed E-state index contributed by atoms with van der Waals surface area (Å²) < 4.78 is 3.96. The van der Waals surface area contributed by atoms with Gasteiger partial charge in [-0.15, -0.1) is 0 Å². The summed E-state index contributed by atoms with van der Waals surface area (Å²) in [6, 6.07) is 11.7. The SMILES string of the molecule is O=C(CN1C=CN(CC(=O)c2ccc(Cl)cc2)I=C1)c1ccc(Cl)c(Cl)c1. The van der Waals surface area contributed by atoms with Crippen LogP contribution in [0.15, 0.2) is 54.9 Å². The van der Waals surface area contributed by atoms with E-state index < -0.39 is 21.0 Å². The van der Waals surface area contributed by atoms with Crippen molar-refractivity contribution in [1.82, 2.24) is 8.01 Å². The fourth-order valence-electron chi connectivity index (χ4n) is 2.30. The summed E-state index contributed by atoms with van der Waals surface area (Å²) in [5.74, 6) is -0.0195. The van der Waals surface area contributed by atoms with Crippen molar-refractivity contribution >= 4 is 71.5 Å². The largest absolute Gasteiger partial charge is 0.339 e. The Kier molecular flexibility index (Phi) is 6.92. The van der Waals surface area contributed by atoms with Gasteiger partial charge in [0, 0.05) is 49.6 Å². The Balaban J connectivity index is 1.56. The van der Waals surface area contributed by atoms with Gasteiger partial charge in [0.2, 0.25) is 0 Å². The average molecular weight is 536 g/mol. The van der Waals surface area contributed by atoms with E-state index >= 15 is 0 Å². The number of Topliss-reactive ketones (excluding diaryl/α,β-unsaturated/α-hetero) is 2. The summed E-state index contributed by atoms with van der Waals surface area (Å²) in [6.45, 7) is 0.518. The van der Waals surface area contributed by atoms with Gasteiger partial charge < -0.3 is 8.01 Å². The van der Waals surface area contributed by atoms with Crippen LogP contribution in [-0.4, -0.2) is 36.8 Å². The Morgan fingerprint density at radius 1 is 0.815 bits per heavy atom. The summed E-state index contributed by atoms with van der Waals surface area (Å²) >= 11 is 17.2. The van der Waals surface area contributed by atoms with E-state index in [4.69, 9.17) is 34.8 Å². The number of hydrogen-bond donors (Lipinski definition) is 0. The summed E-state index contributed by atoms with van der Waals surface area (Å²) in [4.78, 5) is 26.5. The molecule has 0 fully saturated rings. The predicted octanol–water partition coefficient (Wildman–Crippen LogP) is 5.45. The van der Waals surface area contributed by atoms with Gasteiger partial charge in [-0.2, -0.15) is 0 Å². The first-order valence-corrected chi connectivity index (χ1v) is 11.2. The first-order chi connectivity index (χ1) is 12.9. The monoisotopic (exact) mass is 534 g/mol. The van der Waals surface area contributed by atoms with Gasteiger partial charge in [-0.05, 0) is 42.5 Å². The van der Waals surface area contributed by atoms with Gasteiger partial charge in [-0.3, -0.25) is 9.59 Å².